The van der Waals surface area contributed by atoms with Crippen molar-refractivity contribution in [3.63, 3.8) is 0 Å². The molecule has 0 saturated carbocycles. The molecule has 0 amide bonds. The Hall–Kier alpha value is -1.93. The van der Waals surface area contributed by atoms with Gasteiger partial charge in [-0.3, -0.25) is 0 Å². The molecule has 1 aliphatic rings. The van der Waals surface area contributed by atoms with Gasteiger partial charge in [0.15, 0.2) is 5.82 Å². The van der Waals surface area contributed by atoms with Crippen molar-refractivity contribution in [3.05, 3.63) is 36.4 Å². The van der Waals surface area contributed by atoms with E-state index in [0.29, 0.717) is 24.7 Å². The molecule has 0 spiro atoms. The third kappa shape index (κ3) is 3.03. The van der Waals surface area contributed by atoms with Gasteiger partial charge >= 0.3 is 0 Å². The second-order valence-electron chi connectivity index (χ2n) is 5.78. The summed E-state index contributed by atoms with van der Waals surface area (Å²) in [5.41, 5.74) is 0. The van der Waals surface area contributed by atoms with Crippen LogP contribution in [-0.4, -0.2) is 41.1 Å². The van der Waals surface area contributed by atoms with Gasteiger partial charge in [-0.25, -0.2) is 8.42 Å². The third-order valence-electron chi connectivity index (χ3n) is 4.39. The fraction of sp³-hybridized carbons (Fsp3) is 0.500. The van der Waals surface area contributed by atoms with Gasteiger partial charge in [0.25, 0.3) is 0 Å². The Balaban J connectivity index is 2.00. The Morgan fingerprint density at radius 3 is 2.92 bits per heavy atom. The summed E-state index contributed by atoms with van der Waals surface area (Å²) < 4.78 is 35.0. The van der Waals surface area contributed by atoms with Gasteiger partial charge in [0.05, 0.1) is 18.0 Å². The minimum absolute atomic E-state index is 0.247. The van der Waals surface area contributed by atoms with Gasteiger partial charge in [-0.05, 0) is 31.9 Å². The summed E-state index contributed by atoms with van der Waals surface area (Å²) in [6.45, 7) is 3.20. The molecule has 130 valence electrons. The highest BCUT2D eigenvalue weighted by Gasteiger charge is 2.36. The highest BCUT2D eigenvalue weighted by atomic mass is 32.2. The van der Waals surface area contributed by atoms with Gasteiger partial charge in [-0.1, -0.05) is 12.5 Å². The molecule has 1 saturated heterocycles. The van der Waals surface area contributed by atoms with Crippen LogP contribution in [-0.2, 0) is 16.6 Å². The van der Waals surface area contributed by atoms with Crippen LogP contribution in [0, 0.1) is 0 Å². The van der Waals surface area contributed by atoms with Crippen LogP contribution in [0.3, 0.4) is 0 Å². The van der Waals surface area contributed by atoms with Crippen molar-refractivity contribution in [2.75, 3.05) is 13.7 Å². The Bertz CT molecular complexity index is 803. The highest BCUT2D eigenvalue weighted by molar-refractivity contribution is 7.89. The molecule has 3 rings (SSSR count). The molecule has 2 heterocycles. The summed E-state index contributed by atoms with van der Waals surface area (Å²) >= 11 is 0. The topological polar surface area (TPSA) is 77.3 Å². The zero-order chi connectivity index (χ0) is 17.2. The van der Waals surface area contributed by atoms with Gasteiger partial charge in [0, 0.05) is 19.2 Å². The largest absolute Gasteiger partial charge is 0.497 e. The van der Waals surface area contributed by atoms with E-state index >= 15 is 0 Å². The molecule has 1 unspecified atom stereocenters. The number of nitrogens with zero attached hydrogens (tertiary/aromatic N) is 4. The lowest BCUT2D eigenvalue weighted by Crippen LogP contribution is -2.39. The molecule has 1 fully saturated rings. The first kappa shape index (κ1) is 16.9. The number of benzene rings is 1. The Labute approximate surface area is 142 Å². The standard InChI is InChI=1S/C16H22N4O3S/c1-3-19-12-17-18-16(19)15-9-4-5-10-20(15)24(21,22)14-8-6-7-13(11-14)23-2/h6-8,11-12,15H,3-5,9-10H2,1-2H3. The Morgan fingerprint density at radius 1 is 1.33 bits per heavy atom. The molecule has 8 heteroatoms. The fourth-order valence-electron chi connectivity index (χ4n) is 3.11. The smallest absolute Gasteiger partial charge is 0.243 e. The van der Waals surface area contributed by atoms with Gasteiger partial charge in [0.1, 0.15) is 12.1 Å². The molecule has 1 aromatic heterocycles. The Morgan fingerprint density at radius 2 is 2.17 bits per heavy atom. The van der Waals surface area contributed by atoms with Crippen LogP contribution in [0.5, 0.6) is 5.75 Å². The molecule has 0 radical (unpaired) electrons. The molecular weight excluding hydrogens is 328 g/mol. The van der Waals surface area contributed by atoms with Crippen molar-refractivity contribution in [1.29, 1.82) is 0 Å². The SMILES string of the molecule is CCn1cnnc1C1CCCCN1S(=O)(=O)c1cccc(OC)c1. The van der Waals surface area contributed by atoms with Gasteiger partial charge in [0.2, 0.25) is 10.0 Å². The summed E-state index contributed by atoms with van der Waals surface area (Å²) in [6, 6.07) is 6.32. The van der Waals surface area contributed by atoms with Crippen molar-refractivity contribution >= 4 is 10.0 Å². The number of sulfonamides is 1. The average Bonchev–Trinajstić information content (AvgIpc) is 3.10. The van der Waals surface area contributed by atoms with Gasteiger partial charge < -0.3 is 9.30 Å². The first-order valence-corrected chi connectivity index (χ1v) is 9.55. The molecule has 1 aromatic carbocycles. The monoisotopic (exact) mass is 350 g/mol. The maximum atomic E-state index is 13.2. The minimum Gasteiger partial charge on any atom is -0.497 e. The van der Waals surface area contributed by atoms with E-state index in [4.69, 9.17) is 4.74 Å². The second kappa shape index (κ2) is 6.90. The average molecular weight is 350 g/mol. The lowest BCUT2D eigenvalue weighted by atomic mass is 10.0. The fourth-order valence-corrected chi connectivity index (χ4v) is 4.80. The van der Waals surface area contributed by atoms with E-state index in [1.165, 1.54) is 7.11 Å². The first-order valence-electron chi connectivity index (χ1n) is 8.11. The molecule has 24 heavy (non-hydrogen) atoms. The van der Waals surface area contributed by atoms with Crippen molar-refractivity contribution in [2.45, 2.75) is 43.7 Å². The number of piperidine rings is 1. The number of aryl methyl sites for hydroxylation is 1. The molecule has 7 nitrogen and oxygen atoms in total. The first-order chi connectivity index (χ1) is 11.6. The van der Waals surface area contributed by atoms with E-state index in [9.17, 15) is 8.42 Å². The van der Waals surface area contributed by atoms with Crippen LogP contribution in [0.15, 0.2) is 35.5 Å². The molecule has 0 aliphatic carbocycles. The molecule has 1 atom stereocenters. The van der Waals surface area contributed by atoms with Crippen molar-refractivity contribution in [2.24, 2.45) is 0 Å². The quantitative estimate of drug-likeness (QED) is 0.826. The van der Waals surface area contributed by atoms with Gasteiger partial charge in [-0.15, -0.1) is 10.2 Å². The van der Waals surface area contributed by atoms with Crippen LogP contribution < -0.4 is 4.74 Å². The highest BCUT2D eigenvalue weighted by Crippen LogP contribution is 2.35. The van der Waals surface area contributed by atoms with Crippen LogP contribution in [0.1, 0.15) is 38.1 Å². The summed E-state index contributed by atoms with van der Waals surface area (Å²) in [5, 5.41) is 8.14. The maximum Gasteiger partial charge on any atom is 0.243 e. The lowest BCUT2D eigenvalue weighted by molar-refractivity contribution is 0.241. The predicted octanol–water partition coefficient (Wildman–Crippen LogP) is 2.22. The number of hydrogen-bond acceptors (Lipinski definition) is 5. The lowest BCUT2D eigenvalue weighted by Gasteiger charge is -2.34. The van der Waals surface area contributed by atoms with Crippen molar-refractivity contribution in [1.82, 2.24) is 19.1 Å². The predicted molar refractivity (Wildman–Crippen MR) is 89.2 cm³/mol. The van der Waals surface area contributed by atoms with Gasteiger partial charge in [-0.2, -0.15) is 4.31 Å². The van der Waals surface area contributed by atoms with Crippen LogP contribution in [0.25, 0.3) is 0 Å². The molecule has 0 N–H and O–H groups in total. The zero-order valence-electron chi connectivity index (χ0n) is 13.9. The zero-order valence-corrected chi connectivity index (χ0v) is 14.7. The number of ether oxygens (including phenoxy) is 1. The summed E-state index contributed by atoms with van der Waals surface area (Å²) in [4.78, 5) is 0.247. The number of hydrogen-bond donors (Lipinski definition) is 0. The molecular formula is C16H22N4O3S. The van der Waals surface area contributed by atoms with Crippen LogP contribution >= 0.6 is 0 Å². The van der Waals surface area contributed by atoms with E-state index in [-0.39, 0.29) is 10.9 Å². The second-order valence-corrected chi connectivity index (χ2v) is 7.67. The molecule has 1 aliphatic heterocycles. The number of rotatable bonds is 5. The van der Waals surface area contributed by atoms with Crippen molar-refractivity contribution in [3.8, 4) is 5.75 Å². The van der Waals surface area contributed by atoms with E-state index in [1.807, 2.05) is 11.5 Å². The van der Waals surface area contributed by atoms with E-state index < -0.39 is 10.0 Å². The number of aromatic nitrogens is 3. The van der Waals surface area contributed by atoms with Crippen molar-refractivity contribution < 1.29 is 13.2 Å². The normalized spacial score (nSPS) is 19.3. The summed E-state index contributed by atoms with van der Waals surface area (Å²) in [5.74, 6) is 1.24. The summed E-state index contributed by atoms with van der Waals surface area (Å²) in [6.07, 6.45) is 4.23. The maximum absolute atomic E-state index is 13.2. The van der Waals surface area contributed by atoms with Crippen LogP contribution in [0.2, 0.25) is 0 Å². The summed E-state index contributed by atoms with van der Waals surface area (Å²) in [7, 11) is -2.10. The van der Waals surface area contributed by atoms with E-state index in [0.717, 1.165) is 19.3 Å². The molecule has 2 aromatic rings. The number of methoxy groups -OCH3 is 1. The third-order valence-corrected chi connectivity index (χ3v) is 6.29. The molecule has 0 bridgehead atoms. The van der Waals surface area contributed by atoms with Crippen LogP contribution in [0.4, 0.5) is 0 Å². The minimum atomic E-state index is -3.62. The Kier molecular flexibility index (Phi) is 4.86. The van der Waals surface area contributed by atoms with E-state index in [1.54, 1.807) is 34.9 Å². The van der Waals surface area contributed by atoms with E-state index in [2.05, 4.69) is 10.2 Å².